The monoisotopic (exact) mass is 388 g/mol. The Labute approximate surface area is 162 Å². The van der Waals surface area contributed by atoms with Crippen molar-refractivity contribution in [2.75, 3.05) is 30.3 Å². The second kappa shape index (κ2) is 8.49. The third-order valence-electron chi connectivity index (χ3n) is 4.45. The Kier molecular flexibility index (Phi) is 6.08. The van der Waals surface area contributed by atoms with Crippen LogP contribution < -0.4 is 10.6 Å². The molecule has 8 heteroatoms. The summed E-state index contributed by atoms with van der Waals surface area (Å²) in [5, 5.41) is 6.15. The molecule has 2 aromatic rings. The molecule has 0 atom stereocenters. The number of anilines is 2. The zero-order valence-corrected chi connectivity index (χ0v) is 16.6. The molecular weight excluding hydrogens is 364 g/mol. The number of aromatic nitrogens is 1. The topological polar surface area (TPSA) is 83.6 Å². The second-order valence-electron chi connectivity index (χ2n) is 6.54. The highest BCUT2D eigenvalue weighted by molar-refractivity contribution is 7.15. The smallest absolute Gasteiger partial charge is 0.413 e. The lowest BCUT2D eigenvalue weighted by molar-refractivity contribution is -0.117. The zero-order chi connectivity index (χ0) is 19.4. The minimum absolute atomic E-state index is 0.0314. The van der Waals surface area contributed by atoms with Crippen LogP contribution in [0.3, 0.4) is 0 Å². The predicted molar refractivity (Wildman–Crippen MR) is 106 cm³/mol. The maximum atomic E-state index is 12.4. The molecule has 0 radical (unpaired) electrons. The van der Waals surface area contributed by atoms with Crippen LogP contribution >= 0.6 is 11.3 Å². The van der Waals surface area contributed by atoms with Gasteiger partial charge in [-0.05, 0) is 44.0 Å². The molecule has 3 rings (SSSR count). The number of fused-ring (bicyclic) bond motifs is 1. The highest BCUT2D eigenvalue weighted by Gasteiger charge is 2.23. The van der Waals surface area contributed by atoms with Crippen molar-refractivity contribution in [3.8, 4) is 0 Å². The molecule has 144 valence electrons. The summed E-state index contributed by atoms with van der Waals surface area (Å²) < 4.78 is 4.88. The van der Waals surface area contributed by atoms with Crippen molar-refractivity contribution in [1.82, 2.24) is 9.88 Å². The third-order valence-corrected chi connectivity index (χ3v) is 5.45. The summed E-state index contributed by atoms with van der Waals surface area (Å²) in [5.74, 6) is -0.0314. The standard InChI is InChI=1S/C19H24N4O3S/c1-4-26-19(25)22-18-21-15-7-8-23(10-16(15)27-18)11-17(24)20-14-6-5-12(2)13(3)9-14/h5-6,9H,4,7-8,10-11H2,1-3H3,(H,20,24)(H,21,22,25). The SMILES string of the molecule is CCOC(=O)Nc1nc2c(s1)CN(CC(=O)Nc1ccc(C)c(C)c1)CC2. The van der Waals surface area contributed by atoms with E-state index in [1.165, 1.54) is 16.9 Å². The molecule has 27 heavy (non-hydrogen) atoms. The van der Waals surface area contributed by atoms with E-state index < -0.39 is 6.09 Å². The van der Waals surface area contributed by atoms with Crippen LogP contribution in [0.15, 0.2) is 18.2 Å². The lowest BCUT2D eigenvalue weighted by Crippen LogP contribution is -2.36. The number of thiazole rings is 1. The Bertz CT molecular complexity index is 849. The van der Waals surface area contributed by atoms with Crippen LogP contribution in [0, 0.1) is 13.8 Å². The summed E-state index contributed by atoms with van der Waals surface area (Å²) in [6.07, 6.45) is 0.265. The minimum atomic E-state index is -0.492. The zero-order valence-electron chi connectivity index (χ0n) is 15.8. The van der Waals surface area contributed by atoms with E-state index in [1.54, 1.807) is 6.92 Å². The molecule has 0 saturated heterocycles. The van der Waals surface area contributed by atoms with E-state index in [0.717, 1.165) is 34.8 Å². The fraction of sp³-hybridized carbons (Fsp3) is 0.421. The van der Waals surface area contributed by atoms with E-state index >= 15 is 0 Å². The normalized spacial score (nSPS) is 13.7. The van der Waals surface area contributed by atoms with Crippen LogP contribution in [0.5, 0.6) is 0 Å². The van der Waals surface area contributed by atoms with Gasteiger partial charge in [-0.15, -0.1) is 0 Å². The summed E-state index contributed by atoms with van der Waals surface area (Å²) in [4.78, 5) is 31.5. The van der Waals surface area contributed by atoms with Crippen molar-refractivity contribution in [3.63, 3.8) is 0 Å². The molecule has 1 aliphatic rings. The molecule has 0 spiro atoms. The molecule has 1 aromatic carbocycles. The van der Waals surface area contributed by atoms with Gasteiger partial charge in [0.05, 0.1) is 18.8 Å². The van der Waals surface area contributed by atoms with Crippen LogP contribution in [-0.2, 0) is 22.5 Å². The Hall–Kier alpha value is -2.45. The number of nitrogens with one attached hydrogen (secondary N) is 2. The number of amides is 2. The van der Waals surface area contributed by atoms with Gasteiger partial charge >= 0.3 is 6.09 Å². The van der Waals surface area contributed by atoms with Crippen molar-refractivity contribution in [2.24, 2.45) is 0 Å². The molecule has 1 aromatic heterocycles. The fourth-order valence-electron chi connectivity index (χ4n) is 2.91. The number of carbonyl (C=O) groups is 2. The molecule has 0 fully saturated rings. The summed E-state index contributed by atoms with van der Waals surface area (Å²) in [6, 6.07) is 5.91. The quantitative estimate of drug-likeness (QED) is 0.821. The van der Waals surface area contributed by atoms with E-state index in [1.807, 2.05) is 32.0 Å². The van der Waals surface area contributed by atoms with Gasteiger partial charge in [0.1, 0.15) is 0 Å². The van der Waals surface area contributed by atoms with Gasteiger partial charge in [-0.1, -0.05) is 17.4 Å². The first-order valence-electron chi connectivity index (χ1n) is 8.96. The lowest BCUT2D eigenvalue weighted by atomic mass is 10.1. The molecule has 0 saturated carbocycles. The summed E-state index contributed by atoms with van der Waals surface area (Å²) in [6.45, 7) is 7.89. The Morgan fingerprint density at radius 3 is 2.81 bits per heavy atom. The van der Waals surface area contributed by atoms with Gasteiger partial charge in [-0.2, -0.15) is 0 Å². The Morgan fingerprint density at radius 2 is 2.07 bits per heavy atom. The fourth-order valence-corrected chi connectivity index (χ4v) is 3.95. The number of hydrogen-bond donors (Lipinski definition) is 2. The van der Waals surface area contributed by atoms with Crippen molar-refractivity contribution >= 4 is 34.2 Å². The molecular formula is C19H24N4O3S. The van der Waals surface area contributed by atoms with Crippen molar-refractivity contribution in [3.05, 3.63) is 39.9 Å². The molecule has 2 heterocycles. The van der Waals surface area contributed by atoms with Gasteiger partial charge in [0.25, 0.3) is 0 Å². The van der Waals surface area contributed by atoms with Crippen LogP contribution in [0.25, 0.3) is 0 Å². The molecule has 0 bridgehead atoms. The summed E-state index contributed by atoms with van der Waals surface area (Å²) in [5.41, 5.74) is 4.16. The third kappa shape index (κ3) is 5.05. The van der Waals surface area contributed by atoms with Crippen molar-refractivity contribution < 1.29 is 14.3 Å². The first-order valence-corrected chi connectivity index (χ1v) is 9.78. The van der Waals surface area contributed by atoms with Gasteiger partial charge in [-0.25, -0.2) is 9.78 Å². The van der Waals surface area contributed by atoms with E-state index in [0.29, 0.717) is 24.8 Å². The number of hydrogen-bond acceptors (Lipinski definition) is 6. The van der Waals surface area contributed by atoms with Gasteiger partial charge in [-0.3, -0.25) is 15.0 Å². The summed E-state index contributed by atoms with van der Waals surface area (Å²) in [7, 11) is 0. The van der Waals surface area contributed by atoms with Crippen LogP contribution in [0.4, 0.5) is 15.6 Å². The van der Waals surface area contributed by atoms with E-state index in [2.05, 4.69) is 20.5 Å². The van der Waals surface area contributed by atoms with Crippen LogP contribution in [-0.4, -0.2) is 41.6 Å². The Balaban J connectivity index is 1.56. The highest BCUT2D eigenvalue weighted by atomic mass is 32.1. The summed E-state index contributed by atoms with van der Waals surface area (Å²) >= 11 is 1.43. The average molecular weight is 388 g/mol. The lowest BCUT2D eigenvalue weighted by Gasteiger charge is -2.25. The number of aryl methyl sites for hydroxylation is 2. The number of carbonyl (C=O) groups excluding carboxylic acids is 2. The van der Waals surface area contributed by atoms with Gasteiger partial charge in [0.15, 0.2) is 5.13 Å². The molecule has 0 unspecified atom stereocenters. The predicted octanol–water partition coefficient (Wildman–Crippen LogP) is 3.33. The second-order valence-corrected chi connectivity index (χ2v) is 7.63. The first-order chi connectivity index (χ1) is 12.9. The number of benzene rings is 1. The molecule has 0 aliphatic carbocycles. The number of nitrogens with zero attached hydrogens (tertiary/aromatic N) is 2. The molecule has 2 amide bonds. The van der Waals surface area contributed by atoms with E-state index in [9.17, 15) is 9.59 Å². The van der Waals surface area contributed by atoms with Gasteiger partial charge in [0.2, 0.25) is 5.91 Å². The highest BCUT2D eigenvalue weighted by Crippen LogP contribution is 2.28. The molecule has 1 aliphatic heterocycles. The largest absolute Gasteiger partial charge is 0.450 e. The van der Waals surface area contributed by atoms with Crippen molar-refractivity contribution in [1.29, 1.82) is 0 Å². The molecule has 2 N–H and O–H groups in total. The van der Waals surface area contributed by atoms with Gasteiger partial charge < -0.3 is 10.1 Å². The van der Waals surface area contributed by atoms with E-state index in [4.69, 9.17) is 4.74 Å². The minimum Gasteiger partial charge on any atom is -0.450 e. The number of ether oxygens (including phenoxy) is 1. The Morgan fingerprint density at radius 1 is 1.26 bits per heavy atom. The van der Waals surface area contributed by atoms with Gasteiger partial charge in [0, 0.05) is 30.1 Å². The maximum absolute atomic E-state index is 12.4. The molecule has 7 nitrogen and oxygen atoms in total. The van der Waals surface area contributed by atoms with Crippen LogP contribution in [0.2, 0.25) is 0 Å². The van der Waals surface area contributed by atoms with Crippen LogP contribution in [0.1, 0.15) is 28.6 Å². The first kappa shape index (κ1) is 19.3. The van der Waals surface area contributed by atoms with Crippen molar-refractivity contribution in [2.45, 2.75) is 33.7 Å². The average Bonchev–Trinajstić information content (AvgIpc) is 2.99. The van der Waals surface area contributed by atoms with E-state index in [-0.39, 0.29) is 5.91 Å². The maximum Gasteiger partial charge on any atom is 0.413 e. The number of rotatable bonds is 5.